The lowest BCUT2D eigenvalue weighted by atomic mass is 10.2. The van der Waals surface area contributed by atoms with E-state index >= 15 is 0 Å². The number of thiocarbonyl (C=S) groups is 1. The number of guanidine groups is 1. The highest BCUT2D eigenvalue weighted by molar-refractivity contribution is 7.80. The van der Waals surface area contributed by atoms with E-state index in [0.717, 1.165) is 28.0 Å². The van der Waals surface area contributed by atoms with E-state index in [1.165, 1.54) is 0 Å². The van der Waals surface area contributed by atoms with Crippen LogP contribution in [0, 0.1) is 6.92 Å². The second-order valence-electron chi connectivity index (χ2n) is 5.50. The number of hydrogen-bond donors (Lipinski definition) is 4. The van der Waals surface area contributed by atoms with Crippen LogP contribution in [0.2, 0.25) is 0 Å². The van der Waals surface area contributed by atoms with Crippen molar-refractivity contribution in [3.8, 4) is 5.75 Å². The van der Waals surface area contributed by atoms with Crippen LogP contribution < -0.4 is 26.1 Å². The zero-order chi connectivity index (χ0) is 18.5. The summed E-state index contributed by atoms with van der Waals surface area (Å²) in [4.78, 5) is 11.7. The molecule has 132 valence electrons. The summed E-state index contributed by atoms with van der Waals surface area (Å²) in [5.74, 6) is 1.35. The zero-order valence-electron chi connectivity index (χ0n) is 14.4. The SMILES string of the molecule is COc1cccc(NC(=S)[NH+]=C(N)Nc2nc(C)c3ccccc3n2)c1. The van der Waals surface area contributed by atoms with Gasteiger partial charge in [0, 0.05) is 11.5 Å². The van der Waals surface area contributed by atoms with Crippen LogP contribution >= 0.6 is 12.2 Å². The molecule has 0 saturated carbocycles. The van der Waals surface area contributed by atoms with E-state index in [1.54, 1.807) is 7.11 Å². The summed E-state index contributed by atoms with van der Waals surface area (Å²) < 4.78 is 5.18. The van der Waals surface area contributed by atoms with Gasteiger partial charge >= 0.3 is 5.96 Å². The van der Waals surface area contributed by atoms with Crippen molar-refractivity contribution in [3.63, 3.8) is 0 Å². The van der Waals surface area contributed by atoms with Crippen LogP contribution in [0.1, 0.15) is 5.69 Å². The lowest BCUT2D eigenvalue weighted by Gasteiger charge is -2.06. The molecule has 0 aliphatic heterocycles. The fourth-order valence-corrected chi connectivity index (χ4v) is 2.66. The third-order valence-corrected chi connectivity index (χ3v) is 3.82. The number of anilines is 2. The van der Waals surface area contributed by atoms with Gasteiger partial charge in [-0.1, -0.05) is 24.3 Å². The lowest BCUT2D eigenvalue weighted by molar-refractivity contribution is -0.311. The van der Waals surface area contributed by atoms with Gasteiger partial charge in [0.25, 0.3) is 11.1 Å². The van der Waals surface area contributed by atoms with Crippen molar-refractivity contribution in [2.45, 2.75) is 6.92 Å². The van der Waals surface area contributed by atoms with Crippen molar-refractivity contribution >= 4 is 45.8 Å². The number of benzene rings is 2. The number of fused-ring (bicyclic) bond motifs is 1. The maximum absolute atomic E-state index is 5.97. The molecule has 0 amide bonds. The number of hydrogen-bond acceptors (Lipinski definition) is 4. The first kappa shape index (κ1) is 17.6. The highest BCUT2D eigenvalue weighted by Crippen LogP contribution is 2.17. The number of methoxy groups -OCH3 is 1. The van der Waals surface area contributed by atoms with Gasteiger partial charge in [-0.15, -0.1) is 0 Å². The number of rotatable bonds is 3. The number of nitrogens with two attached hydrogens (primary N) is 1. The molecule has 26 heavy (non-hydrogen) atoms. The highest BCUT2D eigenvalue weighted by atomic mass is 32.1. The first-order valence-electron chi connectivity index (χ1n) is 7.90. The fourth-order valence-electron chi connectivity index (χ4n) is 2.43. The average Bonchev–Trinajstić information content (AvgIpc) is 2.61. The van der Waals surface area contributed by atoms with Crippen LogP contribution in [0.25, 0.3) is 10.9 Å². The van der Waals surface area contributed by atoms with E-state index in [1.807, 2.05) is 55.5 Å². The number of aryl methyl sites for hydroxylation is 1. The first-order chi connectivity index (χ1) is 12.5. The summed E-state index contributed by atoms with van der Waals surface area (Å²) in [6, 6.07) is 15.2. The van der Waals surface area contributed by atoms with E-state index < -0.39 is 0 Å². The van der Waals surface area contributed by atoms with Gasteiger partial charge in [0.1, 0.15) is 5.75 Å². The van der Waals surface area contributed by atoms with E-state index in [9.17, 15) is 0 Å². The Bertz CT molecular complexity index is 988. The molecule has 2 aromatic carbocycles. The van der Waals surface area contributed by atoms with Gasteiger partial charge in [0.05, 0.1) is 24.0 Å². The summed E-state index contributed by atoms with van der Waals surface area (Å²) in [5.41, 5.74) is 8.46. The molecule has 7 nitrogen and oxygen atoms in total. The van der Waals surface area contributed by atoms with Crippen LogP contribution in [-0.2, 0) is 0 Å². The first-order valence-corrected chi connectivity index (χ1v) is 8.31. The predicted molar refractivity (Wildman–Crippen MR) is 107 cm³/mol. The smallest absolute Gasteiger partial charge is 0.312 e. The van der Waals surface area contributed by atoms with Crippen LogP contribution in [0.15, 0.2) is 48.5 Å². The molecular formula is C18H19N6OS+. The number of nitrogens with one attached hydrogen (secondary N) is 3. The van der Waals surface area contributed by atoms with Crippen molar-refractivity contribution in [1.82, 2.24) is 9.97 Å². The Morgan fingerprint density at radius 1 is 1.12 bits per heavy atom. The Morgan fingerprint density at radius 2 is 1.92 bits per heavy atom. The predicted octanol–water partition coefficient (Wildman–Crippen LogP) is 1.15. The monoisotopic (exact) mass is 367 g/mol. The second-order valence-corrected chi connectivity index (χ2v) is 5.91. The molecule has 0 atom stereocenters. The third-order valence-electron chi connectivity index (χ3n) is 3.62. The molecular weight excluding hydrogens is 348 g/mol. The van der Waals surface area contributed by atoms with Gasteiger partial charge in [0.15, 0.2) is 0 Å². The number of ether oxygens (including phenoxy) is 1. The fraction of sp³-hybridized carbons (Fsp3) is 0.111. The van der Waals surface area contributed by atoms with Gasteiger partial charge < -0.3 is 10.5 Å². The van der Waals surface area contributed by atoms with Crippen LogP contribution in [0.4, 0.5) is 11.6 Å². The number of aromatic nitrogens is 2. The lowest BCUT2D eigenvalue weighted by Crippen LogP contribution is -2.82. The standard InChI is InChI=1S/C18H18N6OS/c1-11-14-8-3-4-9-15(14)22-17(20-11)23-16(19)24-18(26)21-12-6-5-7-13(10-12)25-2/h3-10H,1-2H3,(H4,19,20,21,22,23,24,26)/p+1. The van der Waals surface area contributed by atoms with Crippen molar-refractivity contribution in [2.24, 2.45) is 5.73 Å². The molecule has 0 spiro atoms. The van der Waals surface area contributed by atoms with Crippen LogP contribution in [-0.4, -0.2) is 28.1 Å². The summed E-state index contributed by atoms with van der Waals surface area (Å²) in [6.45, 7) is 1.92. The summed E-state index contributed by atoms with van der Waals surface area (Å²) in [5, 5.41) is 7.29. The van der Waals surface area contributed by atoms with Gasteiger partial charge in [-0.25, -0.2) is 20.3 Å². The molecule has 0 fully saturated rings. The molecule has 0 bridgehead atoms. The molecule has 0 saturated heterocycles. The molecule has 0 radical (unpaired) electrons. The summed E-state index contributed by atoms with van der Waals surface area (Å²) >= 11 is 5.27. The van der Waals surface area contributed by atoms with Gasteiger partial charge in [-0.3, -0.25) is 5.32 Å². The van der Waals surface area contributed by atoms with Gasteiger partial charge in [0.2, 0.25) is 0 Å². The maximum Gasteiger partial charge on any atom is 0.312 e. The quantitative estimate of drug-likeness (QED) is 0.313. The maximum atomic E-state index is 5.97. The molecule has 1 aromatic heterocycles. The Labute approximate surface area is 156 Å². The minimum Gasteiger partial charge on any atom is -0.497 e. The average molecular weight is 367 g/mol. The Kier molecular flexibility index (Phi) is 5.23. The topological polar surface area (TPSA) is 99.1 Å². The van der Waals surface area contributed by atoms with Crippen molar-refractivity contribution in [3.05, 3.63) is 54.2 Å². The molecule has 0 aliphatic carbocycles. The Hall–Kier alpha value is -3.26. The van der Waals surface area contributed by atoms with Crippen molar-refractivity contribution in [2.75, 3.05) is 17.7 Å². The Morgan fingerprint density at radius 3 is 2.73 bits per heavy atom. The minimum atomic E-state index is 0.222. The number of para-hydroxylation sites is 1. The molecule has 8 heteroatoms. The van der Waals surface area contributed by atoms with Crippen LogP contribution in [0.3, 0.4) is 0 Å². The largest absolute Gasteiger partial charge is 0.497 e. The van der Waals surface area contributed by atoms with Crippen molar-refractivity contribution < 1.29 is 9.73 Å². The summed E-state index contributed by atoms with van der Waals surface area (Å²) in [7, 11) is 1.61. The summed E-state index contributed by atoms with van der Waals surface area (Å²) in [6.07, 6.45) is 0. The zero-order valence-corrected chi connectivity index (χ0v) is 15.2. The number of nitrogens with zero attached hydrogens (tertiary/aromatic N) is 2. The second kappa shape index (κ2) is 7.75. The van der Waals surface area contributed by atoms with Crippen LogP contribution in [0.5, 0.6) is 5.75 Å². The molecule has 1 heterocycles. The molecule has 0 unspecified atom stereocenters. The molecule has 0 aliphatic rings. The molecule has 3 aromatic rings. The molecule has 3 rings (SSSR count). The Balaban J connectivity index is 1.72. The normalized spacial score (nSPS) is 11.2. The van der Waals surface area contributed by atoms with E-state index in [0.29, 0.717) is 11.1 Å². The molecule has 5 N–H and O–H groups in total. The van der Waals surface area contributed by atoms with E-state index in [2.05, 4.69) is 25.6 Å². The van der Waals surface area contributed by atoms with E-state index in [-0.39, 0.29) is 5.96 Å². The van der Waals surface area contributed by atoms with Gasteiger partial charge in [-0.05, 0) is 37.3 Å². The van der Waals surface area contributed by atoms with Crippen molar-refractivity contribution in [1.29, 1.82) is 0 Å². The third kappa shape index (κ3) is 4.22. The highest BCUT2D eigenvalue weighted by Gasteiger charge is 2.09. The van der Waals surface area contributed by atoms with E-state index in [4.69, 9.17) is 22.7 Å². The van der Waals surface area contributed by atoms with Gasteiger partial charge in [-0.2, -0.15) is 0 Å². The minimum absolute atomic E-state index is 0.222.